The van der Waals surface area contributed by atoms with E-state index in [1.165, 1.54) is 16.2 Å². The van der Waals surface area contributed by atoms with Gasteiger partial charge in [0.25, 0.3) is 5.91 Å². The van der Waals surface area contributed by atoms with E-state index in [-0.39, 0.29) is 23.9 Å². The van der Waals surface area contributed by atoms with Crippen LogP contribution < -0.4 is 5.32 Å². The van der Waals surface area contributed by atoms with Crippen LogP contribution in [0, 0.1) is 11.8 Å². The number of nitrogens with one attached hydrogen (secondary N) is 1. The summed E-state index contributed by atoms with van der Waals surface area (Å²) in [5, 5.41) is 4.17. The third-order valence-electron chi connectivity index (χ3n) is 4.86. The molecule has 0 bridgehead atoms. The Morgan fingerprint density at radius 2 is 1.96 bits per heavy atom. The highest BCUT2D eigenvalue weighted by atomic mass is 32.1. The van der Waals surface area contributed by atoms with Gasteiger partial charge < -0.3 is 15.1 Å². The van der Waals surface area contributed by atoms with Crippen molar-refractivity contribution in [1.82, 2.24) is 15.1 Å². The predicted molar refractivity (Wildman–Crippen MR) is 102 cm³/mol. The molecule has 0 unspecified atom stereocenters. The number of likely N-dealkylation sites (tertiary alicyclic amines) is 1. The van der Waals surface area contributed by atoms with Gasteiger partial charge in [0.2, 0.25) is 0 Å². The summed E-state index contributed by atoms with van der Waals surface area (Å²) in [5.41, 5.74) is 0. The molecule has 3 rings (SSSR count). The van der Waals surface area contributed by atoms with Crippen molar-refractivity contribution in [3.8, 4) is 0 Å². The molecule has 2 heterocycles. The number of carbonyl (C=O) groups excluding carboxylic acids is 2. The Morgan fingerprint density at radius 1 is 1.24 bits per heavy atom. The fourth-order valence-electron chi connectivity index (χ4n) is 3.35. The van der Waals surface area contributed by atoms with Gasteiger partial charge in [0.1, 0.15) is 0 Å². The summed E-state index contributed by atoms with van der Waals surface area (Å²) in [6.07, 6.45) is 0. The highest BCUT2D eigenvalue weighted by molar-refractivity contribution is 7.20. The van der Waals surface area contributed by atoms with E-state index in [9.17, 15) is 9.59 Å². The average molecular weight is 359 g/mol. The van der Waals surface area contributed by atoms with Crippen LogP contribution in [0.2, 0.25) is 0 Å². The van der Waals surface area contributed by atoms with Crippen molar-refractivity contribution in [2.75, 3.05) is 27.2 Å². The fraction of sp³-hybridized carbons (Fsp3) is 0.474. The van der Waals surface area contributed by atoms with E-state index < -0.39 is 0 Å². The van der Waals surface area contributed by atoms with Crippen molar-refractivity contribution in [3.63, 3.8) is 0 Å². The molecule has 25 heavy (non-hydrogen) atoms. The summed E-state index contributed by atoms with van der Waals surface area (Å²) in [5.74, 6) is 0.725. The number of amides is 3. The summed E-state index contributed by atoms with van der Waals surface area (Å²) >= 11 is 1.54. The number of benzene rings is 1. The maximum atomic E-state index is 13.0. The monoisotopic (exact) mass is 359 g/mol. The minimum absolute atomic E-state index is 0.00627. The minimum atomic E-state index is -0.105. The first kappa shape index (κ1) is 17.7. The Kier molecular flexibility index (Phi) is 4.99. The van der Waals surface area contributed by atoms with Gasteiger partial charge in [0.05, 0.1) is 10.9 Å². The van der Waals surface area contributed by atoms with E-state index in [2.05, 4.69) is 19.2 Å². The van der Waals surface area contributed by atoms with Gasteiger partial charge in [-0.2, -0.15) is 0 Å². The molecule has 0 aliphatic carbocycles. The van der Waals surface area contributed by atoms with Gasteiger partial charge in [-0.05, 0) is 23.4 Å². The number of hydrogen-bond acceptors (Lipinski definition) is 3. The average Bonchev–Trinajstić information content (AvgIpc) is 3.17. The van der Waals surface area contributed by atoms with Crippen LogP contribution in [0.25, 0.3) is 10.1 Å². The number of carbonyl (C=O) groups is 2. The number of fused-ring (bicyclic) bond motifs is 1. The van der Waals surface area contributed by atoms with E-state index in [0.717, 1.165) is 15.0 Å². The van der Waals surface area contributed by atoms with Crippen LogP contribution in [0.1, 0.15) is 23.5 Å². The maximum Gasteiger partial charge on any atom is 0.317 e. The molecule has 1 aromatic heterocycles. The molecule has 1 aliphatic heterocycles. The molecule has 1 fully saturated rings. The molecule has 5 nitrogen and oxygen atoms in total. The fourth-order valence-corrected chi connectivity index (χ4v) is 4.38. The lowest BCUT2D eigenvalue weighted by atomic mass is 9.91. The third kappa shape index (κ3) is 3.63. The van der Waals surface area contributed by atoms with Crippen molar-refractivity contribution in [3.05, 3.63) is 35.2 Å². The van der Waals surface area contributed by atoms with Crippen molar-refractivity contribution in [2.45, 2.75) is 19.9 Å². The molecule has 1 aromatic carbocycles. The molecule has 6 heteroatoms. The zero-order chi connectivity index (χ0) is 18.1. The van der Waals surface area contributed by atoms with Gasteiger partial charge >= 0.3 is 6.03 Å². The van der Waals surface area contributed by atoms with E-state index in [1.807, 2.05) is 35.2 Å². The molecule has 1 aliphatic rings. The summed E-state index contributed by atoms with van der Waals surface area (Å²) in [6.45, 7) is 5.54. The van der Waals surface area contributed by atoms with Crippen LogP contribution in [0.15, 0.2) is 30.3 Å². The zero-order valence-electron chi connectivity index (χ0n) is 15.2. The second-order valence-corrected chi connectivity index (χ2v) is 8.30. The molecule has 1 saturated heterocycles. The second-order valence-electron chi connectivity index (χ2n) is 7.22. The van der Waals surface area contributed by atoms with Crippen LogP contribution in [0.5, 0.6) is 0 Å². The Morgan fingerprint density at radius 3 is 2.60 bits per heavy atom. The quantitative estimate of drug-likeness (QED) is 0.914. The van der Waals surface area contributed by atoms with Crippen LogP contribution in [0.4, 0.5) is 4.79 Å². The summed E-state index contributed by atoms with van der Waals surface area (Å²) in [6, 6.07) is 9.91. The van der Waals surface area contributed by atoms with Gasteiger partial charge in [-0.25, -0.2) is 4.79 Å². The minimum Gasteiger partial charge on any atom is -0.336 e. The zero-order valence-corrected chi connectivity index (χ0v) is 16.0. The van der Waals surface area contributed by atoms with Gasteiger partial charge in [0.15, 0.2) is 0 Å². The van der Waals surface area contributed by atoms with Gasteiger partial charge in [-0.1, -0.05) is 32.0 Å². The Hall–Kier alpha value is -2.08. The summed E-state index contributed by atoms with van der Waals surface area (Å²) in [4.78, 5) is 29.2. The lowest BCUT2D eigenvalue weighted by molar-refractivity contribution is 0.0787. The number of hydrogen-bond donors (Lipinski definition) is 1. The maximum absolute atomic E-state index is 13.0. The molecule has 3 amide bonds. The standard InChI is InChI=1S/C19H25N3O2S/c1-12(2)14-10-22(11-15(14)20-19(24)21(3)4)18(23)17-9-13-7-5-6-8-16(13)25-17/h5-9,12,14-15H,10-11H2,1-4H3,(H,20,24)/t14-,15+/m0/s1. The Bertz CT molecular complexity index is 751. The van der Waals surface area contributed by atoms with Crippen LogP contribution in [-0.4, -0.2) is 55.0 Å². The van der Waals surface area contributed by atoms with E-state index in [1.54, 1.807) is 14.1 Å². The topological polar surface area (TPSA) is 52.7 Å². The molecule has 0 radical (unpaired) electrons. The van der Waals surface area contributed by atoms with E-state index >= 15 is 0 Å². The van der Waals surface area contributed by atoms with Crippen LogP contribution >= 0.6 is 11.3 Å². The first-order valence-electron chi connectivity index (χ1n) is 8.62. The molecule has 134 valence electrons. The normalized spacial score (nSPS) is 20.3. The number of nitrogens with zero attached hydrogens (tertiary/aromatic N) is 2. The number of rotatable bonds is 3. The molecular weight excluding hydrogens is 334 g/mol. The molecule has 0 saturated carbocycles. The van der Waals surface area contributed by atoms with Crippen molar-refractivity contribution in [2.24, 2.45) is 11.8 Å². The van der Waals surface area contributed by atoms with Crippen molar-refractivity contribution < 1.29 is 9.59 Å². The van der Waals surface area contributed by atoms with E-state index in [4.69, 9.17) is 0 Å². The van der Waals surface area contributed by atoms with Gasteiger partial charge in [-0.3, -0.25) is 4.79 Å². The number of thiophene rings is 1. The first-order chi connectivity index (χ1) is 11.9. The first-order valence-corrected chi connectivity index (χ1v) is 9.44. The Labute approximate surface area is 152 Å². The largest absolute Gasteiger partial charge is 0.336 e. The molecule has 0 spiro atoms. The molecule has 2 atom stereocenters. The molecular formula is C19H25N3O2S. The van der Waals surface area contributed by atoms with Gasteiger partial charge in [-0.15, -0.1) is 11.3 Å². The van der Waals surface area contributed by atoms with Crippen LogP contribution in [-0.2, 0) is 0 Å². The SMILES string of the molecule is CC(C)[C@@H]1CN(C(=O)c2cc3ccccc3s2)C[C@H]1NC(=O)N(C)C. The van der Waals surface area contributed by atoms with Crippen molar-refractivity contribution in [1.29, 1.82) is 0 Å². The smallest absolute Gasteiger partial charge is 0.317 e. The highest BCUT2D eigenvalue weighted by Crippen LogP contribution is 2.30. The molecule has 2 aromatic rings. The summed E-state index contributed by atoms with van der Waals surface area (Å²) in [7, 11) is 3.46. The molecule has 1 N–H and O–H groups in total. The lowest BCUT2D eigenvalue weighted by Crippen LogP contribution is -2.46. The predicted octanol–water partition coefficient (Wildman–Crippen LogP) is 3.27. The van der Waals surface area contributed by atoms with Crippen LogP contribution in [0.3, 0.4) is 0 Å². The highest BCUT2D eigenvalue weighted by Gasteiger charge is 2.38. The van der Waals surface area contributed by atoms with E-state index in [0.29, 0.717) is 19.0 Å². The Balaban J connectivity index is 1.77. The summed E-state index contributed by atoms with van der Waals surface area (Å²) < 4.78 is 1.13. The number of urea groups is 1. The van der Waals surface area contributed by atoms with Crippen molar-refractivity contribution >= 4 is 33.4 Å². The second kappa shape index (κ2) is 7.04. The van der Waals surface area contributed by atoms with Gasteiger partial charge in [0, 0.05) is 37.8 Å². The third-order valence-corrected chi connectivity index (χ3v) is 5.96. The lowest BCUT2D eigenvalue weighted by Gasteiger charge is -2.24.